The van der Waals surface area contributed by atoms with Crippen molar-refractivity contribution in [3.8, 4) is 0 Å². The van der Waals surface area contributed by atoms with Crippen LogP contribution in [0.3, 0.4) is 0 Å². The van der Waals surface area contributed by atoms with Crippen molar-refractivity contribution >= 4 is 27.5 Å². The predicted octanol–water partition coefficient (Wildman–Crippen LogP) is 3.67. The number of carbonyl (C=O) groups excluding carboxylic acids is 2. The minimum Gasteiger partial charge on any atom is -0.349 e. The molecule has 4 rings (SSSR count). The Morgan fingerprint density at radius 2 is 1.68 bits per heavy atom. The Balaban J connectivity index is 1.28. The summed E-state index contributed by atoms with van der Waals surface area (Å²) in [6.07, 6.45) is 3.65. The van der Waals surface area contributed by atoms with E-state index >= 15 is 0 Å². The Morgan fingerprint density at radius 3 is 2.26 bits per heavy atom. The van der Waals surface area contributed by atoms with E-state index in [1.54, 1.807) is 29.2 Å². The molecule has 2 amide bonds. The van der Waals surface area contributed by atoms with Crippen molar-refractivity contribution in [2.45, 2.75) is 62.4 Å². The summed E-state index contributed by atoms with van der Waals surface area (Å²) in [5, 5.41) is 2.98. The second-order valence-corrected chi connectivity index (χ2v) is 10.8. The van der Waals surface area contributed by atoms with Crippen molar-refractivity contribution in [2.75, 3.05) is 11.4 Å². The number of nitrogens with one attached hydrogen (secondary N) is 2. The van der Waals surface area contributed by atoms with Gasteiger partial charge in [-0.05, 0) is 81.0 Å². The molecule has 2 aliphatic rings. The number of hydrogen-bond donors (Lipinski definition) is 2. The molecule has 2 aromatic carbocycles. The highest BCUT2D eigenvalue weighted by molar-refractivity contribution is 7.89. The molecule has 0 spiro atoms. The van der Waals surface area contributed by atoms with E-state index < -0.39 is 10.0 Å². The molecule has 1 saturated carbocycles. The van der Waals surface area contributed by atoms with Gasteiger partial charge in [0.2, 0.25) is 21.8 Å². The van der Waals surface area contributed by atoms with Gasteiger partial charge < -0.3 is 10.2 Å². The highest BCUT2D eigenvalue weighted by atomic mass is 32.2. The SMILES string of the molecule is C[C@@H](NC(=O)[C@H]1CC[C@H](NS(=O)(=O)c2ccc(N3CCCC3=O)cc2)CC1)c1ccc(F)cc1. The van der Waals surface area contributed by atoms with Gasteiger partial charge in [0.25, 0.3) is 0 Å². The number of anilines is 1. The summed E-state index contributed by atoms with van der Waals surface area (Å²) >= 11 is 0. The fraction of sp³-hybridized carbons (Fsp3) is 0.440. The van der Waals surface area contributed by atoms with Gasteiger partial charge in [-0.25, -0.2) is 17.5 Å². The Bertz CT molecular complexity index is 1130. The fourth-order valence-electron chi connectivity index (χ4n) is 4.65. The number of halogens is 1. The zero-order valence-electron chi connectivity index (χ0n) is 19.2. The molecule has 1 aliphatic carbocycles. The number of carbonyl (C=O) groups is 2. The summed E-state index contributed by atoms with van der Waals surface area (Å²) in [6, 6.07) is 12.0. The zero-order valence-corrected chi connectivity index (χ0v) is 20.0. The average Bonchev–Trinajstić information content (AvgIpc) is 3.25. The molecule has 1 heterocycles. The maximum absolute atomic E-state index is 13.1. The van der Waals surface area contributed by atoms with E-state index in [1.807, 2.05) is 6.92 Å². The molecule has 1 saturated heterocycles. The van der Waals surface area contributed by atoms with Crippen LogP contribution in [0.5, 0.6) is 0 Å². The topological polar surface area (TPSA) is 95.6 Å². The van der Waals surface area contributed by atoms with Crippen LogP contribution in [0.1, 0.15) is 57.1 Å². The largest absolute Gasteiger partial charge is 0.349 e. The van der Waals surface area contributed by atoms with Crippen molar-refractivity contribution < 1.29 is 22.4 Å². The van der Waals surface area contributed by atoms with Crippen LogP contribution >= 0.6 is 0 Å². The van der Waals surface area contributed by atoms with E-state index in [9.17, 15) is 22.4 Å². The van der Waals surface area contributed by atoms with Gasteiger partial charge in [-0.1, -0.05) is 12.1 Å². The maximum atomic E-state index is 13.1. The third-order valence-corrected chi connectivity index (χ3v) is 8.22. The number of benzene rings is 2. The van der Waals surface area contributed by atoms with E-state index in [2.05, 4.69) is 10.0 Å². The Labute approximate surface area is 199 Å². The Hall–Kier alpha value is -2.78. The van der Waals surface area contributed by atoms with Crippen molar-refractivity contribution in [2.24, 2.45) is 5.92 Å². The summed E-state index contributed by atoms with van der Waals surface area (Å²) < 4.78 is 41.6. The number of hydrogen-bond acceptors (Lipinski definition) is 4. The Kier molecular flexibility index (Phi) is 7.33. The first kappa shape index (κ1) is 24.3. The first-order valence-corrected chi connectivity index (χ1v) is 13.2. The number of nitrogens with zero attached hydrogens (tertiary/aromatic N) is 1. The number of rotatable bonds is 7. The maximum Gasteiger partial charge on any atom is 0.240 e. The monoisotopic (exact) mass is 487 g/mol. The fourth-order valence-corrected chi connectivity index (χ4v) is 5.96. The van der Waals surface area contributed by atoms with Crippen LogP contribution in [-0.4, -0.2) is 32.8 Å². The van der Waals surface area contributed by atoms with E-state index in [4.69, 9.17) is 0 Å². The van der Waals surface area contributed by atoms with Crippen molar-refractivity contribution in [1.82, 2.24) is 10.0 Å². The van der Waals surface area contributed by atoms with Crippen molar-refractivity contribution in [1.29, 1.82) is 0 Å². The van der Waals surface area contributed by atoms with Crippen molar-refractivity contribution in [3.05, 3.63) is 59.9 Å². The average molecular weight is 488 g/mol. The molecule has 0 bridgehead atoms. The van der Waals surface area contributed by atoms with Crippen LogP contribution in [0.25, 0.3) is 0 Å². The van der Waals surface area contributed by atoms with Crippen LogP contribution in [0, 0.1) is 11.7 Å². The van der Waals surface area contributed by atoms with Crippen LogP contribution < -0.4 is 14.9 Å². The molecule has 1 aliphatic heterocycles. The summed E-state index contributed by atoms with van der Waals surface area (Å²) in [4.78, 5) is 26.4. The molecular weight excluding hydrogens is 457 g/mol. The summed E-state index contributed by atoms with van der Waals surface area (Å²) in [6.45, 7) is 2.51. The Morgan fingerprint density at radius 1 is 1.03 bits per heavy atom. The van der Waals surface area contributed by atoms with Gasteiger partial charge in [0, 0.05) is 30.6 Å². The van der Waals surface area contributed by atoms with Gasteiger partial charge in [-0.2, -0.15) is 0 Å². The molecule has 9 heteroatoms. The summed E-state index contributed by atoms with van der Waals surface area (Å²) in [5.74, 6) is -0.506. The molecule has 2 N–H and O–H groups in total. The second-order valence-electron chi connectivity index (χ2n) is 9.09. The van der Waals surface area contributed by atoms with Crippen LogP contribution in [0.15, 0.2) is 53.4 Å². The minimum atomic E-state index is -3.69. The summed E-state index contributed by atoms with van der Waals surface area (Å²) in [5.41, 5.74) is 1.54. The van der Waals surface area contributed by atoms with Gasteiger partial charge in [0.15, 0.2) is 0 Å². The van der Waals surface area contributed by atoms with Gasteiger partial charge in [0.1, 0.15) is 5.82 Å². The molecule has 182 valence electrons. The number of sulfonamides is 1. The van der Waals surface area contributed by atoms with E-state index in [0.29, 0.717) is 44.3 Å². The van der Waals surface area contributed by atoms with E-state index in [0.717, 1.165) is 12.0 Å². The molecule has 7 nitrogen and oxygen atoms in total. The van der Waals surface area contributed by atoms with Gasteiger partial charge >= 0.3 is 0 Å². The third kappa shape index (κ3) is 5.64. The van der Waals surface area contributed by atoms with Gasteiger partial charge in [-0.15, -0.1) is 0 Å². The molecular formula is C25H30FN3O4S. The lowest BCUT2D eigenvalue weighted by Crippen LogP contribution is -2.41. The molecule has 0 aromatic heterocycles. The second kappa shape index (κ2) is 10.2. The first-order valence-electron chi connectivity index (χ1n) is 11.7. The van der Waals surface area contributed by atoms with Gasteiger partial charge in [-0.3, -0.25) is 9.59 Å². The van der Waals surface area contributed by atoms with Gasteiger partial charge in [0.05, 0.1) is 10.9 Å². The highest BCUT2D eigenvalue weighted by Crippen LogP contribution is 2.28. The molecule has 0 unspecified atom stereocenters. The molecule has 34 heavy (non-hydrogen) atoms. The van der Waals surface area contributed by atoms with Crippen LogP contribution in [0.4, 0.5) is 10.1 Å². The lowest BCUT2D eigenvalue weighted by Gasteiger charge is -2.29. The lowest BCUT2D eigenvalue weighted by atomic mass is 9.85. The zero-order chi connectivity index (χ0) is 24.3. The van der Waals surface area contributed by atoms with E-state index in [-0.39, 0.29) is 40.5 Å². The number of amides is 2. The smallest absolute Gasteiger partial charge is 0.240 e. The third-order valence-electron chi connectivity index (χ3n) is 6.68. The van der Waals surface area contributed by atoms with Crippen LogP contribution in [-0.2, 0) is 19.6 Å². The van der Waals surface area contributed by atoms with E-state index in [1.165, 1.54) is 24.3 Å². The quantitative estimate of drug-likeness (QED) is 0.623. The molecule has 1 atom stereocenters. The highest BCUT2D eigenvalue weighted by Gasteiger charge is 2.30. The minimum absolute atomic E-state index is 0.0570. The first-order chi connectivity index (χ1) is 16.2. The predicted molar refractivity (Wildman–Crippen MR) is 127 cm³/mol. The standard InChI is InChI=1S/C25H30FN3O4S/c1-17(18-4-8-20(26)9-5-18)27-25(31)19-6-10-21(11-7-19)28-34(32,33)23-14-12-22(13-15-23)29-16-2-3-24(29)30/h4-5,8-9,12-15,17,19,21,28H,2-3,6-7,10-11,16H2,1H3,(H,27,31)/t17-,19-,21-/m1/s1. The summed E-state index contributed by atoms with van der Waals surface area (Å²) in [7, 11) is -3.69. The molecule has 0 radical (unpaired) electrons. The van der Waals surface area contributed by atoms with Crippen LogP contribution in [0.2, 0.25) is 0 Å². The molecule has 2 aromatic rings. The lowest BCUT2D eigenvalue weighted by molar-refractivity contribution is -0.126. The van der Waals surface area contributed by atoms with Crippen molar-refractivity contribution in [3.63, 3.8) is 0 Å². The normalized spacial score (nSPS) is 21.9. The molecule has 2 fully saturated rings.